The Morgan fingerprint density at radius 1 is 1.14 bits per heavy atom. The number of carbonyl (C=O) groups is 3. The minimum absolute atomic E-state index is 0.0336. The molecule has 7 heteroatoms. The number of rotatable bonds is 5. The first-order valence-corrected chi connectivity index (χ1v) is 9.89. The molecule has 0 radical (unpaired) electrons. The third-order valence-electron chi connectivity index (χ3n) is 4.54. The van der Waals surface area contributed by atoms with E-state index in [1.54, 1.807) is 27.7 Å². The van der Waals surface area contributed by atoms with Crippen LogP contribution in [-0.2, 0) is 25.5 Å². The number of ether oxygens (including phenoxy) is 2. The van der Waals surface area contributed by atoms with Crippen molar-refractivity contribution in [2.45, 2.75) is 60.0 Å². The Labute approximate surface area is 169 Å². The van der Waals surface area contributed by atoms with Crippen LogP contribution in [0.4, 0.5) is 0 Å². The van der Waals surface area contributed by atoms with E-state index in [-0.39, 0.29) is 17.5 Å². The Bertz CT molecular complexity index is 883. The van der Waals surface area contributed by atoms with Crippen LogP contribution >= 0.6 is 11.8 Å². The summed E-state index contributed by atoms with van der Waals surface area (Å²) in [5.41, 5.74) is 3.65. The van der Waals surface area contributed by atoms with Crippen LogP contribution in [0.25, 0.3) is 6.08 Å². The van der Waals surface area contributed by atoms with Gasteiger partial charge in [0.15, 0.2) is 0 Å². The van der Waals surface area contributed by atoms with Crippen LogP contribution in [0.5, 0.6) is 0 Å². The summed E-state index contributed by atoms with van der Waals surface area (Å²) in [6, 6.07) is 0. The van der Waals surface area contributed by atoms with Crippen molar-refractivity contribution in [3.63, 3.8) is 0 Å². The topological polar surface area (TPSA) is 85.5 Å². The van der Waals surface area contributed by atoms with Crippen LogP contribution in [-0.4, -0.2) is 34.7 Å². The molecule has 1 aliphatic rings. The molecule has 28 heavy (non-hydrogen) atoms. The average Bonchev–Trinajstić information content (AvgIpc) is 3.03. The molecule has 1 N–H and O–H groups in total. The normalized spacial score (nSPS) is 16.1. The molecule has 0 aromatic carbocycles. The highest BCUT2D eigenvalue weighted by molar-refractivity contribution is 8.18. The molecular formula is C21H27NO5S. The first kappa shape index (κ1) is 22.0. The van der Waals surface area contributed by atoms with Crippen molar-refractivity contribution in [1.29, 1.82) is 0 Å². The van der Waals surface area contributed by atoms with Gasteiger partial charge in [-0.05, 0) is 82.5 Å². The Morgan fingerprint density at radius 3 is 2.29 bits per heavy atom. The molecule has 6 nitrogen and oxygen atoms in total. The van der Waals surface area contributed by atoms with E-state index in [0.717, 1.165) is 32.9 Å². The molecule has 2 heterocycles. The van der Waals surface area contributed by atoms with Gasteiger partial charge in [0.05, 0.1) is 7.11 Å². The zero-order valence-corrected chi connectivity index (χ0v) is 18.3. The van der Waals surface area contributed by atoms with Gasteiger partial charge in [-0.2, -0.15) is 0 Å². The second-order valence-electron chi connectivity index (χ2n) is 7.74. The molecule has 0 fully saturated rings. The maximum Gasteiger partial charge on any atom is 0.355 e. The molecular weight excluding hydrogens is 378 g/mol. The summed E-state index contributed by atoms with van der Waals surface area (Å²) in [5, 5.41) is 0.0336. The fraction of sp³-hybridized carbons (Fsp3) is 0.476. The van der Waals surface area contributed by atoms with Crippen LogP contribution in [0, 0.1) is 6.92 Å². The van der Waals surface area contributed by atoms with Crippen molar-refractivity contribution < 1.29 is 23.9 Å². The number of H-pyrrole nitrogens is 1. The van der Waals surface area contributed by atoms with E-state index in [1.807, 2.05) is 19.9 Å². The lowest BCUT2D eigenvalue weighted by atomic mass is 10.0. The van der Waals surface area contributed by atoms with Gasteiger partial charge < -0.3 is 14.5 Å². The van der Waals surface area contributed by atoms with Gasteiger partial charge in [-0.3, -0.25) is 9.59 Å². The highest BCUT2D eigenvalue weighted by Crippen LogP contribution is 2.39. The number of carbonyl (C=O) groups excluding carboxylic acids is 3. The maximum atomic E-state index is 12.7. The van der Waals surface area contributed by atoms with E-state index in [4.69, 9.17) is 9.47 Å². The first-order valence-electron chi connectivity index (χ1n) is 9.08. The fourth-order valence-electron chi connectivity index (χ4n) is 2.80. The van der Waals surface area contributed by atoms with E-state index < -0.39 is 11.6 Å². The summed E-state index contributed by atoms with van der Waals surface area (Å²) in [6.45, 7) is 11.0. The molecule has 0 atom stereocenters. The molecule has 2 rings (SSSR count). The van der Waals surface area contributed by atoms with E-state index in [9.17, 15) is 14.4 Å². The summed E-state index contributed by atoms with van der Waals surface area (Å²) < 4.78 is 10.2. The molecule has 0 unspecified atom stereocenters. The zero-order valence-electron chi connectivity index (χ0n) is 17.4. The SMILES string of the molecule is COC(=O)CCc1c(C(=O)OC(C)(C)C)[nH]c(/C=C2\SC(=O)C(C)=C2C)c1C. The quantitative estimate of drug-likeness (QED) is 0.734. The number of nitrogens with one attached hydrogen (secondary N) is 1. The Kier molecular flexibility index (Phi) is 6.59. The second kappa shape index (κ2) is 8.39. The Morgan fingerprint density at radius 2 is 1.79 bits per heavy atom. The van der Waals surface area contributed by atoms with Gasteiger partial charge in [0.1, 0.15) is 11.3 Å². The van der Waals surface area contributed by atoms with Gasteiger partial charge in [-0.15, -0.1) is 0 Å². The minimum atomic E-state index is -0.640. The molecule has 0 amide bonds. The molecule has 0 spiro atoms. The Balaban J connectivity index is 2.46. The van der Waals surface area contributed by atoms with Crippen molar-refractivity contribution in [3.05, 3.63) is 38.6 Å². The maximum absolute atomic E-state index is 12.7. The van der Waals surface area contributed by atoms with Crippen LogP contribution in [0.2, 0.25) is 0 Å². The van der Waals surface area contributed by atoms with Crippen molar-refractivity contribution in [2.24, 2.45) is 0 Å². The van der Waals surface area contributed by atoms with Crippen molar-refractivity contribution in [1.82, 2.24) is 4.98 Å². The highest BCUT2D eigenvalue weighted by Gasteiger charge is 2.27. The van der Waals surface area contributed by atoms with Crippen molar-refractivity contribution >= 4 is 34.9 Å². The number of allylic oxidation sites excluding steroid dienone is 1. The summed E-state index contributed by atoms with van der Waals surface area (Å²) in [7, 11) is 1.34. The number of aromatic amines is 1. The van der Waals surface area contributed by atoms with E-state index in [0.29, 0.717) is 12.1 Å². The lowest BCUT2D eigenvalue weighted by molar-refractivity contribution is -0.140. The van der Waals surface area contributed by atoms with Crippen molar-refractivity contribution in [2.75, 3.05) is 7.11 Å². The molecule has 0 bridgehead atoms. The van der Waals surface area contributed by atoms with E-state index in [2.05, 4.69) is 4.98 Å². The van der Waals surface area contributed by atoms with Crippen LogP contribution < -0.4 is 0 Å². The molecule has 0 saturated carbocycles. The lowest BCUT2D eigenvalue weighted by Gasteiger charge is -2.19. The molecule has 1 aromatic heterocycles. The van der Waals surface area contributed by atoms with Gasteiger partial charge in [0.25, 0.3) is 0 Å². The van der Waals surface area contributed by atoms with Crippen LogP contribution in [0.1, 0.15) is 68.3 Å². The molecule has 1 aliphatic heterocycles. The van der Waals surface area contributed by atoms with Crippen LogP contribution in [0.3, 0.4) is 0 Å². The first-order chi connectivity index (χ1) is 12.9. The van der Waals surface area contributed by atoms with E-state index in [1.165, 1.54) is 18.9 Å². The molecule has 1 aromatic rings. The second-order valence-corrected chi connectivity index (χ2v) is 8.76. The lowest BCUT2D eigenvalue weighted by Crippen LogP contribution is -2.24. The predicted octanol–water partition coefficient (Wildman–Crippen LogP) is 4.33. The number of aromatic nitrogens is 1. The fourth-order valence-corrected chi connectivity index (χ4v) is 3.79. The summed E-state index contributed by atoms with van der Waals surface area (Å²) in [4.78, 5) is 40.2. The predicted molar refractivity (Wildman–Crippen MR) is 110 cm³/mol. The molecule has 0 saturated heterocycles. The van der Waals surface area contributed by atoms with Gasteiger partial charge in [-0.25, -0.2) is 4.79 Å². The number of hydrogen-bond donors (Lipinski definition) is 1. The van der Waals surface area contributed by atoms with Crippen LogP contribution in [0.15, 0.2) is 16.1 Å². The largest absolute Gasteiger partial charge is 0.469 e. The number of thioether (sulfide) groups is 1. The third-order valence-corrected chi connectivity index (χ3v) is 5.68. The summed E-state index contributed by atoms with van der Waals surface area (Å²) in [6.07, 6.45) is 2.39. The third kappa shape index (κ3) is 4.95. The van der Waals surface area contributed by atoms with Crippen molar-refractivity contribution in [3.8, 4) is 0 Å². The Hall–Kier alpha value is -2.28. The van der Waals surface area contributed by atoms with E-state index >= 15 is 0 Å². The van der Waals surface area contributed by atoms with Gasteiger partial charge in [0.2, 0.25) is 5.12 Å². The van der Waals surface area contributed by atoms with Gasteiger partial charge >= 0.3 is 11.9 Å². The monoisotopic (exact) mass is 405 g/mol. The smallest absolute Gasteiger partial charge is 0.355 e. The van der Waals surface area contributed by atoms with Gasteiger partial charge in [-0.1, -0.05) is 0 Å². The summed E-state index contributed by atoms with van der Waals surface area (Å²) >= 11 is 1.18. The highest BCUT2D eigenvalue weighted by atomic mass is 32.2. The zero-order chi connectivity index (χ0) is 21.2. The number of methoxy groups -OCH3 is 1. The number of esters is 2. The molecule has 152 valence electrons. The summed E-state index contributed by atoms with van der Waals surface area (Å²) in [5.74, 6) is -0.819. The molecule has 0 aliphatic carbocycles. The van der Waals surface area contributed by atoms with Gasteiger partial charge in [0, 0.05) is 22.6 Å². The number of hydrogen-bond acceptors (Lipinski definition) is 6. The minimum Gasteiger partial charge on any atom is -0.469 e. The standard InChI is InChI=1S/C21H27NO5S/c1-11-12(2)20(25)28-16(11)10-15-13(3)14(8-9-17(23)26-7)18(22-15)19(24)27-21(4,5)6/h10,22H,8-9H2,1-7H3/b16-10-. The average molecular weight is 406 g/mol.